The fraction of sp³-hybridized carbons (Fsp3) is 0.0392. The van der Waals surface area contributed by atoms with Crippen molar-refractivity contribution in [3.8, 4) is 33.4 Å². The molecule has 0 bridgehead atoms. The molecule has 2 N–H and O–H groups in total. The van der Waals surface area contributed by atoms with E-state index in [1.54, 1.807) is 12.4 Å². The monoisotopic (exact) mass is 706 g/mol. The van der Waals surface area contributed by atoms with E-state index in [0.29, 0.717) is 18.2 Å². The zero-order valence-corrected chi connectivity index (χ0v) is 30.3. The minimum absolute atomic E-state index is 0.405. The zero-order valence-electron chi connectivity index (χ0n) is 30.3. The van der Waals surface area contributed by atoms with E-state index >= 15 is 0 Å². The van der Waals surface area contributed by atoms with E-state index < -0.39 is 5.41 Å². The molecule has 9 rings (SSSR count). The van der Waals surface area contributed by atoms with Gasteiger partial charge in [-0.1, -0.05) is 176 Å². The number of aliphatic imine (C=N–C) groups is 2. The Morgan fingerprint density at radius 2 is 1.07 bits per heavy atom. The number of pyridine rings is 1. The van der Waals surface area contributed by atoms with Crippen LogP contribution in [0.15, 0.2) is 217 Å². The molecule has 0 radical (unpaired) electrons. The van der Waals surface area contributed by atoms with Gasteiger partial charge in [0.25, 0.3) is 0 Å². The van der Waals surface area contributed by atoms with Crippen LogP contribution >= 0.6 is 0 Å². The van der Waals surface area contributed by atoms with Crippen molar-refractivity contribution in [2.24, 2.45) is 15.7 Å². The van der Waals surface area contributed by atoms with Crippen LogP contribution in [0.25, 0.3) is 33.4 Å². The minimum Gasteiger partial charge on any atom is -0.383 e. The molecule has 1 heterocycles. The summed E-state index contributed by atoms with van der Waals surface area (Å²) < 4.78 is 0. The maximum atomic E-state index is 6.92. The van der Waals surface area contributed by atoms with Crippen LogP contribution in [-0.4, -0.2) is 16.7 Å². The highest BCUT2D eigenvalue weighted by Gasteiger charge is 2.46. The maximum absolute atomic E-state index is 6.92. The Bertz CT molecular complexity index is 2610. The van der Waals surface area contributed by atoms with E-state index in [1.807, 2.05) is 36.4 Å². The van der Waals surface area contributed by atoms with Crippen LogP contribution in [0.5, 0.6) is 0 Å². The van der Waals surface area contributed by atoms with Gasteiger partial charge in [-0.25, -0.2) is 4.99 Å². The van der Waals surface area contributed by atoms with Crippen LogP contribution < -0.4 is 5.73 Å². The van der Waals surface area contributed by atoms with E-state index in [-0.39, 0.29) is 0 Å². The third kappa shape index (κ3) is 6.24. The SMILES string of the molecule is NC(=NC(=NCc1ccccc1)c1ccc(-c2ccncc2)cc1)c1cccc(-c2cccc3c2-c2ccccc2C3(c2ccccc2)c2ccccc2)c1. The van der Waals surface area contributed by atoms with E-state index in [1.165, 1.54) is 33.4 Å². The van der Waals surface area contributed by atoms with E-state index in [9.17, 15) is 0 Å². The molecule has 0 spiro atoms. The second kappa shape index (κ2) is 14.7. The molecule has 4 nitrogen and oxygen atoms in total. The molecule has 0 fully saturated rings. The minimum atomic E-state index is -0.473. The zero-order chi connectivity index (χ0) is 37.0. The molecule has 4 heteroatoms. The first-order valence-corrected chi connectivity index (χ1v) is 18.6. The molecule has 0 saturated heterocycles. The van der Waals surface area contributed by atoms with Crippen molar-refractivity contribution in [3.63, 3.8) is 0 Å². The maximum Gasteiger partial charge on any atom is 0.157 e. The van der Waals surface area contributed by atoms with Gasteiger partial charge in [-0.05, 0) is 79.4 Å². The third-order valence-corrected chi connectivity index (χ3v) is 10.6. The highest BCUT2D eigenvalue weighted by Crippen LogP contribution is 2.58. The van der Waals surface area contributed by atoms with Gasteiger partial charge in [0, 0.05) is 23.5 Å². The fourth-order valence-corrected chi connectivity index (χ4v) is 8.06. The lowest BCUT2D eigenvalue weighted by molar-refractivity contribution is 0.768. The molecule has 1 aromatic heterocycles. The average molecular weight is 707 g/mol. The van der Waals surface area contributed by atoms with Gasteiger partial charge in [-0.3, -0.25) is 9.98 Å². The number of benzene rings is 7. The fourth-order valence-electron chi connectivity index (χ4n) is 8.06. The average Bonchev–Trinajstić information content (AvgIpc) is 3.58. The molecule has 262 valence electrons. The van der Waals surface area contributed by atoms with Gasteiger partial charge < -0.3 is 5.73 Å². The quantitative estimate of drug-likeness (QED) is 0.126. The summed E-state index contributed by atoms with van der Waals surface area (Å²) >= 11 is 0. The van der Waals surface area contributed by atoms with Crippen molar-refractivity contribution < 1.29 is 0 Å². The second-order valence-electron chi connectivity index (χ2n) is 13.8. The van der Waals surface area contributed by atoms with Crippen LogP contribution in [0.1, 0.15) is 38.9 Å². The van der Waals surface area contributed by atoms with Gasteiger partial charge in [-0.15, -0.1) is 0 Å². The Hall–Kier alpha value is -7.17. The molecule has 0 unspecified atom stereocenters. The Kier molecular flexibility index (Phi) is 8.99. The summed E-state index contributed by atoms with van der Waals surface area (Å²) in [6, 6.07) is 68.3. The summed E-state index contributed by atoms with van der Waals surface area (Å²) in [7, 11) is 0. The first kappa shape index (κ1) is 33.7. The van der Waals surface area contributed by atoms with Crippen molar-refractivity contribution in [2.45, 2.75) is 12.0 Å². The summed E-state index contributed by atoms with van der Waals surface area (Å²) in [6.45, 7) is 0.485. The normalized spacial score (nSPS) is 13.2. The van der Waals surface area contributed by atoms with Crippen LogP contribution in [0.3, 0.4) is 0 Å². The molecule has 7 aromatic carbocycles. The number of nitrogens with zero attached hydrogens (tertiary/aromatic N) is 3. The molecule has 0 amide bonds. The summed E-state index contributed by atoms with van der Waals surface area (Å²) in [5.74, 6) is 0.987. The number of hydrogen-bond donors (Lipinski definition) is 1. The van der Waals surface area contributed by atoms with Crippen molar-refractivity contribution >= 4 is 11.7 Å². The Morgan fingerprint density at radius 1 is 0.491 bits per heavy atom. The molecule has 1 aliphatic rings. The largest absolute Gasteiger partial charge is 0.383 e. The van der Waals surface area contributed by atoms with Gasteiger partial charge >= 0.3 is 0 Å². The number of fused-ring (bicyclic) bond motifs is 3. The van der Waals surface area contributed by atoms with E-state index in [4.69, 9.17) is 15.7 Å². The topological polar surface area (TPSA) is 63.6 Å². The molecule has 8 aromatic rings. The lowest BCUT2D eigenvalue weighted by Crippen LogP contribution is -2.28. The number of rotatable bonds is 8. The molecular weight excluding hydrogens is 669 g/mol. The van der Waals surface area contributed by atoms with Gasteiger partial charge in [0.05, 0.1) is 12.0 Å². The molecule has 0 atom stereocenters. The molecule has 55 heavy (non-hydrogen) atoms. The highest BCUT2D eigenvalue weighted by molar-refractivity contribution is 6.11. The number of amidine groups is 2. The van der Waals surface area contributed by atoms with Crippen LogP contribution in [-0.2, 0) is 12.0 Å². The first-order chi connectivity index (χ1) is 27.2. The van der Waals surface area contributed by atoms with Gasteiger partial charge in [0.15, 0.2) is 5.84 Å². The number of aromatic nitrogens is 1. The van der Waals surface area contributed by atoms with E-state index in [2.05, 4.69) is 163 Å². The van der Waals surface area contributed by atoms with Crippen molar-refractivity contribution in [1.29, 1.82) is 0 Å². The first-order valence-electron chi connectivity index (χ1n) is 18.6. The van der Waals surface area contributed by atoms with Crippen LogP contribution in [0.4, 0.5) is 0 Å². The molecule has 0 aliphatic heterocycles. The Labute approximate surface area is 322 Å². The van der Waals surface area contributed by atoms with Crippen molar-refractivity contribution in [2.75, 3.05) is 0 Å². The summed E-state index contributed by atoms with van der Waals surface area (Å²) in [5.41, 5.74) is 21.2. The van der Waals surface area contributed by atoms with Gasteiger partial charge in [0.1, 0.15) is 5.84 Å². The highest BCUT2D eigenvalue weighted by atomic mass is 15.0. The molecule has 1 aliphatic carbocycles. The van der Waals surface area contributed by atoms with Crippen molar-refractivity contribution in [3.05, 3.63) is 245 Å². The Balaban J connectivity index is 1.15. The molecule has 0 saturated carbocycles. The van der Waals surface area contributed by atoms with Crippen LogP contribution in [0.2, 0.25) is 0 Å². The number of hydrogen-bond acceptors (Lipinski definition) is 2. The van der Waals surface area contributed by atoms with Gasteiger partial charge in [-0.2, -0.15) is 0 Å². The Morgan fingerprint density at radius 3 is 1.78 bits per heavy atom. The predicted octanol–water partition coefficient (Wildman–Crippen LogP) is 11.1. The summed E-state index contributed by atoms with van der Waals surface area (Å²) in [6.07, 6.45) is 3.61. The smallest absolute Gasteiger partial charge is 0.157 e. The lowest BCUT2D eigenvalue weighted by Gasteiger charge is -2.34. The third-order valence-electron chi connectivity index (χ3n) is 10.6. The standard InChI is InChI=1S/C51H38N4/c52-49(55-50(54-35-36-14-4-1-5-15-36)39-28-26-37(27-29-39)38-30-32-53-33-31-38)41-17-12-16-40(34-41)44-23-13-25-47-48(44)45-22-10-11-24-46(45)51(47,42-18-6-2-7-19-42)43-20-8-3-9-21-43/h1-34H,35H2,(H2,52,54,55). The van der Waals surface area contributed by atoms with Gasteiger partial charge in [0.2, 0.25) is 0 Å². The molecular formula is C51H38N4. The van der Waals surface area contributed by atoms with Crippen molar-refractivity contribution in [1.82, 2.24) is 4.98 Å². The lowest BCUT2D eigenvalue weighted by atomic mass is 9.67. The summed E-state index contributed by atoms with van der Waals surface area (Å²) in [4.78, 5) is 14.2. The summed E-state index contributed by atoms with van der Waals surface area (Å²) in [5, 5.41) is 0. The predicted molar refractivity (Wildman–Crippen MR) is 226 cm³/mol. The van der Waals surface area contributed by atoms with E-state index in [0.717, 1.165) is 38.9 Å². The number of nitrogens with two attached hydrogens (primary N) is 1. The second-order valence-corrected chi connectivity index (χ2v) is 13.8. The van der Waals surface area contributed by atoms with Crippen LogP contribution in [0, 0.1) is 0 Å².